The first kappa shape index (κ1) is 16.3. The molecule has 1 aliphatic rings. The molecule has 19 heavy (non-hydrogen) atoms. The molecule has 0 N–H and O–H groups in total. The van der Waals surface area contributed by atoms with Gasteiger partial charge in [0.05, 0.1) is 0 Å². The average Bonchev–Trinajstić information content (AvgIpc) is 2.26. The molecular weight excluding hydrogens is 236 g/mol. The maximum atomic E-state index is 11.3. The Labute approximate surface area is 118 Å². The van der Waals surface area contributed by atoms with Crippen molar-refractivity contribution in [1.29, 1.82) is 0 Å². The van der Waals surface area contributed by atoms with Crippen LogP contribution in [0.4, 0.5) is 0 Å². The first-order valence-electron chi connectivity index (χ1n) is 7.47. The lowest BCUT2D eigenvalue weighted by molar-refractivity contribution is -0.146. The van der Waals surface area contributed by atoms with Crippen molar-refractivity contribution in [2.24, 2.45) is 16.7 Å². The van der Waals surface area contributed by atoms with Crippen LogP contribution in [0.1, 0.15) is 66.7 Å². The third kappa shape index (κ3) is 5.38. The predicted molar refractivity (Wildman–Crippen MR) is 79.9 cm³/mol. The van der Waals surface area contributed by atoms with E-state index in [0.29, 0.717) is 16.7 Å². The van der Waals surface area contributed by atoms with Crippen molar-refractivity contribution in [1.82, 2.24) is 0 Å². The molecule has 2 nitrogen and oxygen atoms in total. The van der Waals surface area contributed by atoms with Gasteiger partial charge >= 0.3 is 5.97 Å². The molecule has 0 aliphatic heterocycles. The number of rotatable bonds is 4. The van der Waals surface area contributed by atoms with E-state index in [0.717, 1.165) is 19.3 Å². The quantitative estimate of drug-likeness (QED) is 0.543. The van der Waals surface area contributed by atoms with Gasteiger partial charge in [-0.15, -0.1) is 0 Å². The summed E-state index contributed by atoms with van der Waals surface area (Å²) in [4.78, 5) is 11.3. The molecule has 2 heteroatoms. The van der Waals surface area contributed by atoms with Gasteiger partial charge in [0, 0.05) is 6.08 Å². The fraction of sp³-hybridized carbons (Fsp3) is 0.824. The van der Waals surface area contributed by atoms with Crippen molar-refractivity contribution < 1.29 is 9.53 Å². The highest BCUT2D eigenvalue weighted by Crippen LogP contribution is 2.45. The standard InChI is InChI=1S/C17H30O2/c1-7-15(18)19-14-10-8-9-13(11-14)17(5,6)12-16(2,3)4/h7,13-14H,1,8-12H2,2-6H3. The number of esters is 1. The molecule has 0 aromatic carbocycles. The van der Waals surface area contributed by atoms with E-state index in [1.807, 2.05) is 0 Å². The van der Waals surface area contributed by atoms with Gasteiger partial charge < -0.3 is 4.74 Å². The summed E-state index contributed by atoms with van der Waals surface area (Å²) in [5.41, 5.74) is 0.645. The van der Waals surface area contributed by atoms with Crippen LogP contribution in [0.15, 0.2) is 12.7 Å². The summed E-state index contributed by atoms with van der Waals surface area (Å²) in [6.07, 6.45) is 6.98. The van der Waals surface area contributed by atoms with Crippen molar-refractivity contribution >= 4 is 5.97 Å². The molecule has 110 valence electrons. The molecule has 0 heterocycles. The molecule has 0 radical (unpaired) electrons. The minimum absolute atomic E-state index is 0.0866. The fourth-order valence-corrected chi connectivity index (χ4v) is 3.69. The van der Waals surface area contributed by atoms with E-state index in [9.17, 15) is 4.79 Å². The second kappa shape index (κ2) is 6.11. The average molecular weight is 266 g/mol. The molecule has 2 unspecified atom stereocenters. The van der Waals surface area contributed by atoms with E-state index in [1.165, 1.54) is 18.9 Å². The Morgan fingerprint density at radius 1 is 1.26 bits per heavy atom. The van der Waals surface area contributed by atoms with Crippen LogP contribution in [0.2, 0.25) is 0 Å². The van der Waals surface area contributed by atoms with E-state index in [-0.39, 0.29) is 12.1 Å². The normalized spacial score (nSPS) is 24.9. The van der Waals surface area contributed by atoms with Crippen LogP contribution in [0.25, 0.3) is 0 Å². The summed E-state index contributed by atoms with van der Waals surface area (Å²) in [5.74, 6) is 0.363. The number of hydrogen-bond donors (Lipinski definition) is 0. The molecule has 0 saturated heterocycles. The number of carbonyl (C=O) groups excluding carboxylic acids is 1. The van der Waals surface area contributed by atoms with Gasteiger partial charge in [0.2, 0.25) is 0 Å². The Hall–Kier alpha value is -0.790. The van der Waals surface area contributed by atoms with Crippen LogP contribution in [0.5, 0.6) is 0 Å². The molecule has 1 rings (SSSR count). The van der Waals surface area contributed by atoms with Crippen LogP contribution in [-0.2, 0) is 9.53 Å². The van der Waals surface area contributed by atoms with E-state index in [1.54, 1.807) is 0 Å². The Morgan fingerprint density at radius 2 is 1.89 bits per heavy atom. The molecule has 0 aromatic rings. The van der Waals surface area contributed by atoms with E-state index >= 15 is 0 Å². The molecule has 2 atom stereocenters. The lowest BCUT2D eigenvalue weighted by Crippen LogP contribution is -2.35. The van der Waals surface area contributed by atoms with Crippen molar-refractivity contribution in [3.63, 3.8) is 0 Å². The van der Waals surface area contributed by atoms with Gasteiger partial charge in [-0.1, -0.05) is 41.2 Å². The summed E-state index contributed by atoms with van der Waals surface area (Å²) >= 11 is 0. The predicted octanol–water partition coefficient (Wildman–Crippen LogP) is 4.74. The van der Waals surface area contributed by atoms with E-state index in [4.69, 9.17) is 4.74 Å². The molecule has 1 saturated carbocycles. The Kier molecular flexibility index (Phi) is 5.23. The van der Waals surface area contributed by atoms with Gasteiger partial charge in [-0.25, -0.2) is 4.79 Å². The summed E-state index contributed by atoms with van der Waals surface area (Å²) in [7, 11) is 0. The minimum Gasteiger partial charge on any atom is -0.459 e. The summed E-state index contributed by atoms with van der Waals surface area (Å²) in [6, 6.07) is 0. The van der Waals surface area contributed by atoms with Crippen LogP contribution < -0.4 is 0 Å². The van der Waals surface area contributed by atoms with Crippen LogP contribution in [0, 0.1) is 16.7 Å². The highest BCUT2D eigenvalue weighted by atomic mass is 16.5. The van der Waals surface area contributed by atoms with Gasteiger partial charge in [-0.3, -0.25) is 0 Å². The molecule has 0 amide bonds. The fourth-order valence-electron chi connectivity index (χ4n) is 3.69. The summed E-state index contributed by atoms with van der Waals surface area (Å²) < 4.78 is 5.44. The zero-order valence-corrected chi connectivity index (χ0v) is 13.3. The zero-order valence-electron chi connectivity index (χ0n) is 13.3. The summed E-state index contributed by atoms with van der Waals surface area (Å²) in [5, 5.41) is 0. The second-order valence-corrected chi connectivity index (χ2v) is 7.85. The SMILES string of the molecule is C=CC(=O)OC1CCCC(C(C)(C)CC(C)(C)C)C1. The number of hydrogen-bond acceptors (Lipinski definition) is 2. The van der Waals surface area contributed by atoms with Crippen molar-refractivity contribution in [2.45, 2.75) is 72.8 Å². The Balaban J connectivity index is 2.63. The van der Waals surface area contributed by atoms with Crippen LogP contribution in [-0.4, -0.2) is 12.1 Å². The van der Waals surface area contributed by atoms with Gasteiger partial charge in [0.15, 0.2) is 0 Å². The smallest absolute Gasteiger partial charge is 0.330 e. The highest BCUT2D eigenvalue weighted by molar-refractivity contribution is 5.81. The maximum Gasteiger partial charge on any atom is 0.330 e. The lowest BCUT2D eigenvalue weighted by Gasteiger charge is -2.42. The van der Waals surface area contributed by atoms with Gasteiger partial charge in [-0.05, 0) is 48.9 Å². The number of carbonyl (C=O) groups is 1. The van der Waals surface area contributed by atoms with Gasteiger partial charge in [0.25, 0.3) is 0 Å². The Morgan fingerprint density at radius 3 is 2.42 bits per heavy atom. The van der Waals surface area contributed by atoms with Crippen molar-refractivity contribution in [3.8, 4) is 0 Å². The summed E-state index contributed by atoms with van der Waals surface area (Å²) in [6.45, 7) is 15.1. The van der Waals surface area contributed by atoms with Crippen LogP contribution >= 0.6 is 0 Å². The lowest BCUT2D eigenvalue weighted by atomic mass is 9.64. The van der Waals surface area contributed by atoms with E-state index < -0.39 is 0 Å². The molecule has 1 aliphatic carbocycles. The third-order valence-electron chi connectivity index (χ3n) is 4.17. The monoisotopic (exact) mass is 266 g/mol. The minimum atomic E-state index is -0.278. The van der Waals surface area contributed by atoms with Crippen molar-refractivity contribution in [3.05, 3.63) is 12.7 Å². The molecule has 0 bridgehead atoms. The molecular formula is C17H30O2. The first-order valence-corrected chi connectivity index (χ1v) is 7.47. The zero-order chi connectivity index (χ0) is 14.7. The maximum absolute atomic E-state index is 11.3. The highest BCUT2D eigenvalue weighted by Gasteiger charge is 2.37. The van der Waals surface area contributed by atoms with Crippen molar-refractivity contribution in [2.75, 3.05) is 0 Å². The second-order valence-electron chi connectivity index (χ2n) is 7.85. The third-order valence-corrected chi connectivity index (χ3v) is 4.17. The molecule has 0 spiro atoms. The van der Waals surface area contributed by atoms with E-state index in [2.05, 4.69) is 41.2 Å². The molecule has 0 aromatic heterocycles. The van der Waals surface area contributed by atoms with Crippen LogP contribution in [0.3, 0.4) is 0 Å². The first-order chi connectivity index (χ1) is 8.64. The molecule has 1 fully saturated rings. The largest absolute Gasteiger partial charge is 0.459 e. The Bertz CT molecular complexity index is 323. The topological polar surface area (TPSA) is 26.3 Å². The van der Waals surface area contributed by atoms with Gasteiger partial charge in [-0.2, -0.15) is 0 Å². The van der Waals surface area contributed by atoms with Gasteiger partial charge in [0.1, 0.15) is 6.10 Å². The number of ether oxygens (including phenoxy) is 1.